The van der Waals surface area contributed by atoms with Gasteiger partial charge in [0, 0.05) is 25.3 Å². The number of pyridine rings is 1. The van der Waals surface area contributed by atoms with Crippen LogP contribution in [-0.2, 0) is 11.3 Å². The molecular weight excluding hydrogens is 202 g/mol. The summed E-state index contributed by atoms with van der Waals surface area (Å²) < 4.78 is 5.62. The Labute approximate surface area is 96.4 Å². The molecule has 0 aliphatic carbocycles. The zero-order chi connectivity index (χ0) is 11.5. The SMILES string of the molecule is CC1CN(c2cnccc2CN)C(C)CO1. The molecule has 0 spiro atoms. The summed E-state index contributed by atoms with van der Waals surface area (Å²) in [5.74, 6) is 0. The summed E-state index contributed by atoms with van der Waals surface area (Å²) in [6.45, 7) is 6.48. The average molecular weight is 221 g/mol. The van der Waals surface area contributed by atoms with Gasteiger partial charge in [0.05, 0.1) is 24.6 Å². The highest BCUT2D eigenvalue weighted by atomic mass is 16.5. The van der Waals surface area contributed by atoms with E-state index in [0.29, 0.717) is 12.6 Å². The largest absolute Gasteiger partial charge is 0.375 e. The van der Waals surface area contributed by atoms with E-state index in [4.69, 9.17) is 10.5 Å². The third-order valence-electron chi connectivity index (χ3n) is 3.02. The minimum absolute atomic E-state index is 0.266. The topological polar surface area (TPSA) is 51.4 Å². The molecule has 0 amide bonds. The van der Waals surface area contributed by atoms with Crippen molar-refractivity contribution in [2.75, 3.05) is 18.1 Å². The second-order valence-corrected chi connectivity index (χ2v) is 4.35. The van der Waals surface area contributed by atoms with Crippen molar-refractivity contribution in [3.63, 3.8) is 0 Å². The molecule has 4 heteroatoms. The number of aromatic nitrogens is 1. The lowest BCUT2D eigenvalue weighted by atomic mass is 10.1. The molecule has 1 aliphatic heterocycles. The summed E-state index contributed by atoms with van der Waals surface area (Å²) in [5.41, 5.74) is 8.05. The molecule has 0 saturated carbocycles. The maximum atomic E-state index is 5.75. The van der Waals surface area contributed by atoms with Crippen LogP contribution in [-0.4, -0.2) is 30.3 Å². The summed E-state index contributed by atoms with van der Waals surface area (Å²) in [5, 5.41) is 0. The van der Waals surface area contributed by atoms with Crippen LogP contribution < -0.4 is 10.6 Å². The summed E-state index contributed by atoms with van der Waals surface area (Å²) >= 11 is 0. The number of nitrogens with two attached hydrogens (primary N) is 1. The Morgan fingerprint density at radius 1 is 1.56 bits per heavy atom. The van der Waals surface area contributed by atoms with E-state index in [9.17, 15) is 0 Å². The lowest BCUT2D eigenvalue weighted by Crippen LogP contribution is -2.47. The molecule has 2 N–H and O–H groups in total. The van der Waals surface area contributed by atoms with E-state index in [2.05, 4.69) is 23.7 Å². The van der Waals surface area contributed by atoms with Crippen molar-refractivity contribution in [2.24, 2.45) is 5.73 Å². The molecule has 1 aromatic heterocycles. The van der Waals surface area contributed by atoms with Gasteiger partial charge in [-0.25, -0.2) is 0 Å². The molecule has 2 atom stereocenters. The van der Waals surface area contributed by atoms with Crippen LogP contribution in [0.25, 0.3) is 0 Å². The lowest BCUT2D eigenvalue weighted by Gasteiger charge is -2.39. The van der Waals surface area contributed by atoms with Crippen LogP contribution in [0.4, 0.5) is 5.69 Å². The van der Waals surface area contributed by atoms with Gasteiger partial charge in [-0.3, -0.25) is 4.98 Å². The molecule has 0 bridgehead atoms. The van der Waals surface area contributed by atoms with Crippen LogP contribution >= 0.6 is 0 Å². The minimum Gasteiger partial charge on any atom is -0.375 e. The number of ether oxygens (including phenoxy) is 1. The van der Waals surface area contributed by atoms with Crippen LogP contribution in [0.5, 0.6) is 0 Å². The molecule has 1 fully saturated rings. The highest BCUT2D eigenvalue weighted by Crippen LogP contribution is 2.24. The Kier molecular flexibility index (Phi) is 3.41. The first-order chi connectivity index (χ1) is 7.72. The van der Waals surface area contributed by atoms with Crippen LogP contribution in [0, 0.1) is 0 Å². The van der Waals surface area contributed by atoms with Crippen molar-refractivity contribution in [3.05, 3.63) is 24.0 Å². The van der Waals surface area contributed by atoms with Crippen LogP contribution in [0.3, 0.4) is 0 Å². The van der Waals surface area contributed by atoms with Crippen molar-refractivity contribution in [1.29, 1.82) is 0 Å². The molecule has 16 heavy (non-hydrogen) atoms. The number of rotatable bonds is 2. The zero-order valence-electron chi connectivity index (χ0n) is 9.89. The fourth-order valence-corrected chi connectivity index (χ4v) is 2.09. The Morgan fingerprint density at radius 3 is 3.12 bits per heavy atom. The van der Waals surface area contributed by atoms with Crippen LogP contribution in [0.2, 0.25) is 0 Å². The average Bonchev–Trinajstić information content (AvgIpc) is 2.32. The summed E-state index contributed by atoms with van der Waals surface area (Å²) in [6, 6.07) is 2.37. The number of hydrogen-bond donors (Lipinski definition) is 1. The number of morpholine rings is 1. The monoisotopic (exact) mass is 221 g/mol. The third-order valence-corrected chi connectivity index (χ3v) is 3.02. The number of nitrogens with zero attached hydrogens (tertiary/aromatic N) is 2. The second kappa shape index (κ2) is 4.80. The van der Waals surface area contributed by atoms with Gasteiger partial charge in [0.2, 0.25) is 0 Å². The van der Waals surface area contributed by atoms with Crippen molar-refractivity contribution >= 4 is 5.69 Å². The van der Waals surface area contributed by atoms with Gasteiger partial charge >= 0.3 is 0 Å². The van der Waals surface area contributed by atoms with Crippen molar-refractivity contribution in [2.45, 2.75) is 32.5 Å². The molecule has 1 aromatic rings. The van der Waals surface area contributed by atoms with E-state index in [0.717, 1.165) is 24.4 Å². The molecule has 2 unspecified atom stereocenters. The molecular formula is C12H19N3O. The van der Waals surface area contributed by atoms with Gasteiger partial charge in [0.1, 0.15) is 0 Å². The predicted molar refractivity (Wildman–Crippen MR) is 64.4 cm³/mol. The van der Waals surface area contributed by atoms with Gasteiger partial charge in [-0.15, -0.1) is 0 Å². The minimum atomic E-state index is 0.266. The molecule has 2 heterocycles. The van der Waals surface area contributed by atoms with Crippen molar-refractivity contribution in [1.82, 2.24) is 4.98 Å². The smallest absolute Gasteiger partial charge is 0.0723 e. The Balaban J connectivity index is 2.27. The Hall–Kier alpha value is -1.13. The molecule has 88 valence electrons. The van der Waals surface area contributed by atoms with Crippen molar-refractivity contribution < 1.29 is 4.74 Å². The number of hydrogen-bond acceptors (Lipinski definition) is 4. The first kappa shape index (κ1) is 11.4. The van der Waals surface area contributed by atoms with E-state index >= 15 is 0 Å². The summed E-state index contributed by atoms with van der Waals surface area (Å²) in [7, 11) is 0. The fraction of sp³-hybridized carbons (Fsp3) is 0.583. The quantitative estimate of drug-likeness (QED) is 0.814. The first-order valence-corrected chi connectivity index (χ1v) is 5.73. The standard InChI is InChI=1S/C12H19N3O/c1-9-8-16-10(2)7-15(9)12-6-14-4-3-11(12)5-13/h3-4,6,9-10H,5,7-8,13H2,1-2H3. The van der Waals surface area contributed by atoms with Gasteiger partial charge < -0.3 is 15.4 Å². The van der Waals surface area contributed by atoms with Crippen LogP contribution in [0.1, 0.15) is 19.4 Å². The van der Waals surface area contributed by atoms with Gasteiger partial charge in [-0.1, -0.05) is 0 Å². The van der Waals surface area contributed by atoms with Gasteiger partial charge in [-0.05, 0) is 25.5 Å². The molecule has 0 aromatic carbocycles. The third kappa shape index (κ3) is 2.18. The number of anilines is 1. The van der Waals surface area contributed by atoms with E-state index < -0.39 is 0 Å². The van der Waals surface area contributed by atoms with E-state index in [1.54, 1.807) is 6.20 Å². The Morgan fingerprint density at radius 2 is 2.38 bits per heavy atom. The van der Waals surface area contributed by atoms with E-state index in [1.165, 1.54) is 0 Å². The lowest BCUT2D eigenvalue weighted by molar-refractivity contribution is 0.0343. The molecule has 4 nitrogen and oxygen atoms in total. The molecule has 2 rings (SSSR count). The predicted octanol–water partition coefficient (Wildman–Crippen LogP) is 1.15. The maximum Gasteiger partial charge on any atom is 0.0723 e. The highest BCUT2D eigenvalue weighted by Gasteiger charge is 2.24. The fourth-order valence-electron chi connectivity index (χ4n) is 2.09. The van der Waals surface area contributed by atoms with Gasteiger partial charge in [0.15, 0.2) is 0 Å². The van der Waals surface area contributed by atoms with Gasteiger partial charge in [0.25, 0.3) is 0 Å². The summed E-state index contributed by atoms with van der Waals surface area (Å²) in [6.07, 6.45) is 3.96. The zero-order valence-corrected chi connectivity index (χ0v) is 9.89. The van der Waals surface area contributed by atoms with Gasteiger partial charge in [-0.2, -0.15) is 0 Å². The van der Waals surface area contributed by atoms with E-state index in [-0.39, 0.29) is 6.10 Å². The highest BCUT2D eigenvalue weighted by molar-refractivity contribution is 5.52. The van der Waals surface area contributed by atoms with Crippen molar-refractivity contribution in [3.8, 4) is 0 Å². The maximum absolute atomic E-state index is 5.75. The molecule has 0 radical (unpaired) electrons. The normalized spacial score (nSPS) is 25.8. The second-order valence-electron chi connectivity index (χ2n) is 4.35. The Bertz CT molecular complexity index is 356. The summed E-state index contributed by atoms with van der Waals surface area (Å²) in [4.78, 5) is 6.53. The first-order valence-electron chi connectivity index (χ1n) is 5.73. The van der Waals surface area contributed by atoms with Crippen LogP contribution in [0.15, 0.2) is 18.5 Å². The van der Waals surface area contributed by atoms with E-state index in [1.807, 2.05) is 12.3 Å². The molecule has 1 saturated heterocycles. The molecule has 1 aliphatic rings.